The number of anilines is 1. The van der Waals surface area contributed by atoms with Crippen LogP contribution in [0.4, 0.5) is 5.82 Å². The van der Waals surface area contributed by atoms with Crippen LogP contribution in [0, 0.1) is 12.8 Å². The van der Waals surface area contributed by atoms with Gasteiger partial charge in [-0.1, -0.05) is 43.9 Å². The third-order valence-corrected chi connectivity index (χ3v) is 7.33. The number of ether oxygens (including phenoxy) is 1. The maximum absolute atomic E-state index is 13.8. The van der Waals surface area contributed by atoms with Crippen LogP contribution < -0.4 is 15.8 Å². The van der Waals surface area contributed by atoms with Crippen LogP contribution in [-0.4, -0.2) is 68.7 Å². The molecule has 4 rings (SSSR count). The number of amides is 2. The van der Waals surface area contributed by atoms with Gasteiger partial charge >= 0.3 is 5.97 Å². The van der Waals surface area contributed by atoms with Gasteiger partial charge in [-0.2, -0.15) is 0 Å². The number of aromatic nitrogens is 2. The Balaban J connectivity index is 1.87. The number of fused-ring (bicyclic) bond motifs is 1. The van der Waals surface area contributed by atoms with Crippen LogP contribution in [0.1, 0.15) is 38.3 Å². The van der Waals surface area contributed by atoms with Crippen LogP contribution >= 0.6 is 24.0 Å². The van der Waals surface area contributed by atoms with E-state index in [-0.39, 0.29) is 42.1 Å². The monoisotopic (exact) mass is 543 g/mol. The van der Waals surface area contributed by atoms with Crippen molar-refractivity contribution in [2.75, 3.05) is 31.1 Å². The van der Waals surface area contributed by atoms with Crippen molar-refractivity contribution >= 4 is 63.6 Å². The minimum atomic E-state index is -0.921. The summed E-state index contributed by atoms with van der Waals surface area (Å²) in [4.78, 5) is 60.4. The Kier molecular flexibility index (Phi) is 7.98. The molecule has 0 aromatic carbocycles. The second-order valence-electron chi connectivity index (χ2n) is 9.28. The lowest BCUT2D eigenvalue weighted by Crippen LogP contribution is -2.57. The zero-order valence-corrected chi connectivity index (χ0v) is 22.8. The largest absolute Gasteiger partial charge is 0.466 e. The number of carbonyl (C=O) groups is 3. The van der Waals surface area contributed by atoms with Crippen molar-refractivity contribution < 1.29 is 19.1 Å². The maximum Gasteiger partial charge on any atom is 0.308 e. The molecule has 1 unspecified atom stereocenters. The highest BCUT2D eigenvalue weighted by molar-refractivity contribution is 8.26. The zero-order chi connectivity index (χ0) is 26.9. The number of esters is 1. The van der Waals surface area contributed by atoms with E-state index >= 15 is 0 Å². The molecule has 0 radical (unpaired) electrons. The van der Waals surface area contributed by atoms with Gasteiger partial charge in [-0.3, -0.25) is 28.5 Å². The molecule has 2 aromatic rings. The van der Waals surface area contributed by atoms with Gasteiger partial charge in [-0.15, -0.1) is 0 Å². The number of pyridine rings is 1. The lowest BCUT2D eigenvalue weighted by atomic mass is 10.1. The first-order chi connectivity index (χ1) is 17.6. The normalized spacial score (nSPS) is 19.3. The summed E-state index contributed by atoms with van der Waals surface area (Å²) in [5.74, 6) is -0.725. The number of rotatable bonds is 7. The van der Waals surface area contributed by atoms with Crippen LogP contribution in [0.5, 0.6) is 0 Å². The molecule has 10 nitrogen and oxygen atoms in total. The first-order valence-corrected chi connectivity index (χ1v) is 13.3. The van der Waals surface area contributed by atoms with E-state index in [0.717, 1.165) is 17.3 Å². The van der Waals surface area contributed by atoms with Gasteiger partial charge in [0.25, 0.3) is 11.5 Å². The van der Waals surface area contributed by atoms with E-state index in [1.54, 1.807) is 24.1 Å². The van der Waals surface area contributed by atoms with E-state index in [4.69, 9.17) is 21.9 Å². The van der Waals surface area contributed by atoms with Crippen molar-refractivity contribution in [3.8, 4) is 0 Å². The quantitative estimate of drug-likeness (QED) is 0.319. The van der Waals surface area contributed by atoms with Gasteiger partial charge in [-0.05, 0) is 37.5 Å². The number of carbonyl (C=O) groups excluding carboxylic acids is 3. The first kappa shape index (κ1) is 26.8. The molecule has 1 N–H and O–H groups in total. The second-order valence-corrected chi connectivity index (χ2v) is 11.0. The smallest absolute Gasteiger partial charge is 0.308 e. The van der Waals surface area contributed by atoms with Crippen LogP contribution in [0.15, 0.2) is 28.0 Å². The lowest BCUT2D eigenvalue weighted by Gasteiger charge is -2.36. The number of nitrogens with zero attached hydrogens (tertiary/aromatic N) is 4. The summed E-state index contributed by atoms with van der Waals surface area (Å²) in [6, 6.07) is 2.63. The van der Waals surface area contributed by atoms with Crippen molar-refractivity contribution in [2.45, 2.75) is 40.2 Å². The summed E-state index contributed by atoms with van der Waals surface area (Å²) in [6.07, 6.45) is 2.98. The molecule has 0 aliphatic carbocycles. The molecule has 2 aliphatic rings. The van der Waals surface area contributed by atoms with E-state index in [1.807, 2.05) is 26.8 Å². The van der Waals surface area contributed by atoms with Gasteiger partial charge in [0, 0.05) is 25.8 Å². The van der Waals surface area contributed by atoms with Gasteiger partial charge in [-0.25, -0.2) is 4.98 Å². The van der Waals surface area contributed by atoms with Crippen molar-refractivity contribution in [1.29, 1.82) is 0 Å². The molecule has 1 atom stereocenters. The van der Waals surface area contributed by atoms with E-state index in [0.29, 0.717) is 34.5 Å². The summed E-state index contributed by atoms with van der Waals surface area (Å²) in [7, 11) is 0. The second kappa shape index (κ2) is 11.0. The van der Waals surface area contributed by atoms with Crippen molar-refractivity contribution in [2.24, 2.45) is 5.92 Å². The number of aryl methyl sites for hydroxylation is 1. The minimum absolute atomic E-state index is 0.150. The SMILES string of the molecule is CCOC(=O)CC1C(=O)NCCN1c1nc2ccc(C)cn2c(=O)c1C=C1SC(=S)N(CC(C)C)C1=O. The molecule has 2 aromatic heterocycles. The molecule has 2 saturated heterocycles. The summed E-state index contributed by atoms with van der Waals surface area (Å²) in [5.41, 5.74) is 1.00. The molecular weight excluding hydrogens is 514 g/mol. The van der Waals surface area contributed by atoms with Gasteiger partial charge in [0.2, 0.25) is 5.91 Å². The Bertz CT molecular complexity index is 1370. The van der Waals surface area contributed by atoms with E-state index in [2.05, 4.69) is 5.32 Å². The van der Waals surface area contributed by atoms with E-state index in [1.165, 1.54) is 15.4 Å². The average molecular weight is 544 g/mol. The van der Waals surface area contributed by atoms with Crippen molar-refractivity contribution in [3.05, 3.63) is 44.7 Å². The topological polar surface area (TPSA) is 113 Å². The molecule has 2 aliphatic heterocycles. The Morgan fingerprint density at radius 2 is 2.08 bits per heavy atom. The lowest BCUT2D eigenvalue weighted by molar-refractivity contribution is -0.145. The number of hydrogen-bond donors (Lipinski definition) is 1. The molecule has 0 spiro atoms. The highest BCUT2D eigenvalue weighted by Gasteiger charge is 2.37. The Morgan fingerprint density at radius 3 is 2.78 bits per heavy atom. The fourth-order valence-corrected chi connectivity index (χ4v) is 5.55. The third-order valence-electron chi connectivity index (χ3n) is 5.95. The Labute approximate surface area is 224 Å². The van der Waals surface area contributed by atoms with E-state index < -0.39 is 17.6 Å². The number of hydrogen-bond acceptors (Lipinski definition) is 9. The molecule has 196 valence electrons. The number of piperazine rings is 1. The molecule has 2 fully saturated rings. The van der Waals surface area contributed by atoms with Gasteiger partial charge in [0.15, 0.2) is 0 Å². The molecule has 0 bridgehead atoms. The predicted molar refractivity (Wildman–Crippen MR) is 146 cm³/mol. The Morgan fingerprint density at radius 1 is 1.32 bits per heavy atom. The van der Waals surface area contributed by atoms with Crippen LogP contribution in [0.25, 0.3) is 11.7 Å². The number of nitrogens with one attached hydrogen (secondary N) is 1. The fraction of sp³-hybridized carbons (Fsp3) is 0.440. The standard InChI is InChI=1S/C25H29N5O5S2/c1-5-35-20(31)11-17-22(32)26-8-9-28(17)21-16(23(33)29-13-15(4)6-7-19(29)27-21)10-18-24(34)30(12-14(2)3)25(36)37-18/h6-7,10,13-14,17H,5,8-9,11-12H2,1-4H3,(H,26,32). The number of thioether (sulfide) groups is 1. The van der Waals surface area contributed by atoms with Crippen LogP contribution in [-0.2, 0) is 19.1 Å². The van der Waals surface area contributed by atoms with Crippen molar-refractivity contribution in [1.82, 2.24) is 19.6 Å². The van der Waals surface area contributed by atoms with Gasteiger partial charge < -0.3 is 15.0 Å². The van der Waals surface area contributed by atoms with Crippen LogP contribution in [0.3, 0.4) is 0 Å². The fourth-order valence-electron chi connectivity index (χ4n) is 4.29. The predicted octanol–water partition coefficient (Wildman–Crippen LogP) is 2.12. The summed E-state index contributed by atoms with van der Waals surface area (Å²) >= 11 is 6.57. The number of thiocarbonyl (C=S) groups is 1. The maximum atomic E-state index is 13.8. The molecular formula is C25H29N5O5S2. The minimum Gasteiger partial charge on any atom is -0.466 e. The summed E-state index contributed by atoms with van der Waals surface area (Å²) < 4.78 is 6.93. The molecule has 37 heavy (non-hydrogen) atoms. The summed E-state index contributed by atoms with van der Waals surface area (Å²) in [6.45, 7) is 8.82. The van der Waals surface area contributed by atoms with Crippen LogP contribution in [0.2, 0.25) is 0 Å². The van der Waals surface area contributed by atoms with Crippen molar-refractivity contribution in [3.63, 3.8) is 0 Å². The highest BCUT2D eigenvalue weighted by atomic mass is 32.2. The molecule has 4 heterocycles. The van der Waals surface area contributed by atoms with Gasteiger partial charge in [0.05, 0.1) is 23.5 Å². The molecule has 12 heteroatoms. The molecule has 0 saturated carbocycles. The molecule has 2 amide bonds. The van der Waals surface area contributed by atoms with Gasteiger partial charge in [0.1, 0.15) is 21.8 Å². The van der Waals surface area contributed by atoms with E-state index in [9.17, 15) is 19.2 Å². The average Bonchev–Trinajstić information content (AvgIpc) is 3.09. The zero-order valence-electron chi connectivity index (χ0n) is 21.1. The highest BCUT2D eigenvalue weighted by Crippen LogP contribution is 2.34. The third kappa shape index (κ3) is 5.54. The first-order valence-electron chi connectivity index (χ1n) is 12.1. The summed E-state index contributed by atoms with van der Waals surface area (Å²) in [5, 5.41) is 2.77. The Hall–Kier alpha value is -3.25.